The van der Waals surface area contributed by atoms with Gasteiger partial charge in [0.1, 0.15) is 0 Å². The molecule has 138 valence electrons. The third kappa shape index (κ3) is 5.26. The summed E-state index contributed by atoms with van der Waals surface area (Å²) in [4.78, 5) is 14.8. The molecule has 2 aromatic carbocycles. The van der Waals surface area contributed by atoms with Crippen molar-refractivity contribution >= 4 is 21.7 Å². The molecule has 0 bridgehead atoms. The van der Waals surface area contributed by atoms with Crippen LogP contribution in [0.3, 0.4) is 0 Å². The van der Waals surface area contributed by atoms with Crippen LogP contribution in [-0.2, 0) is 6.42 Å². The Labute approximate surface area is 164 Å². The highest BCUT2D eigenvalue weighted by Crippen LogP contribution is 2.26. The lowest BCUT2D eigenvalue weighted by Gasteiger charge is -2.33. The van der Waals surface area contributed by atoms with Gasteiger partial charge in [-0.2, -0.15) is 0 Å². The highest BCUT2D eigenvalue weighted by atomic mass is 79.9. The Morgan fingerprint density at radius 3 is 2.27 bits per heavy atom. The monoisotopic (exact) mass is 415 g/mol. The van der Waals surface area contributed by atoms with Crippen molar-refractivity contribution in [3.8, 4) is 0 Å². The number of benzene rings is 2. The molecule has 0 aromatic heterocycles. The first-order chi connectivity index (χ1) is 12.6. The van der Waals surface area contributed by atoms with E-state index in [1.165, 1.54) is 5.56 Å². The van der Waals surface area contributed by atoms with Crippen molar-refractivity contribution < 1.29 is 9.90 Å². The summed E-state index contributed by atoms with van der Waals surface area (Å²) in [7, 11) is 0. The number of aryl methyl sites for hydroxylation is 1. The molecular formula is C22H26BrNO2. The van der Waals surface area contributed by atoms with Crippen LogP contribution in [0.5, 0.6) is 0 Å². The fraction of sp³-hybridized carbons (Fsp3) is 0.409. The normalized spacial score (nSPS) is 20.8. The van der Waals surface area contributed by atoms with Crippen LogP contribution in [0.1, 0.15) is 35.2 Å². The minimum atomic E-state index is -0.140. The van der Waals surface area contributed by atoms with Crippen molar-refractivity contribution in [3.05, 3.63) is 70.2 Å². The van der Waals surface area contributed by atoms with Gasteiger partial charge < -0.3 is 10.0 Å². The highest BCUT2D eigenvalue weighted by Gasteiger charge is 2.29. The van der Waals surface area contributed by atoms with E-state index in [0.717, 1.165) is 55.4 Å². The van der Waals surface area contributed by atoms with Crippen LogP contribution < -0.4 is 0 Å². The Hall–Kier alpha value is -1.49. The number of hydrogen-bond donors (Lipinski definition) is 1. The van der Waals surface area contributed by atoms with Gasteiger partial charge in [-0.25, -0.2) is 0 Å². The van der Waals surface area contributed by atoms with E-state index in [4.69, 9.17) is 0 Å². The van der Waals surface area contributed by atoms with Crippen LogP contribution in [0.15, 0.2) is 59.1 Å². The van der Waals surface area contributed by atoms with Crippen LogP contribution in [0.2, 0.25) is 0 Å². The van der Waals surface area contributed by atoms with Gasteiger partial charge in [0.2, 0.25) is 0 Å². The van der Waals surface area contributed by atoms with Gasteiger partial charge in [-0.15, -0.1) is 0 Å². The number of likely N-dealkylation sites (tertiary alicyclic amines) is 1. The van der Waals surface area contributed by atoms with E-state index < -0.39 is 0 Å². The zero-order chi connectivity index (χ0) is 18.4. The number of halogens is 1. The number of carbonyl (C=O) groups is 1. The molecule has 1 aliphatic carbocycles. The van der Waals surface area contributed by atoms with Gasteiger partial charge in [0.25, 0.3) is 0 Å². The number of aliphatic hydroxyl groups excluding tert-OH is 1. The minimum absolute atomic E-state index is 0.140. The molecule has 4 rings (SSSR count). The van der Waals surface area contributed by atoms with E-state index in [2.05, 4.69) is 26.9 Å². The number of carbonyl (C=O) groups excluding carboxylic acids is 1. The van der Waals surface area contributed by atoms with Crippen LogP contribution in [0.25, 0.3) is 0 Å². The summed E-state index contributed by atoms with van der Waals surface area (Å²) in [5.74, 6) is 0.457. The lowest BCUT2D eigenvalue weighted by atomic mass is 9.82. The van der Waals surface area contributed by atoms with Crippen LogP contribution in [-0.4, -0.2) is 41.5 Å². The second-order valence-electron chi connectivity index (χ2n) is 7.08. The largest absolute Gasteiger partial charge is 0.393 e. The van der Waals surface area contributed by atoms with E-state index in [1.54, 1.807) is 0 Å². The number of rotatable bonds is 2. The second kappa shape index (κ2) is 9.45. The van der Waals surface area contributed by atoms with Crippen molar-refractivity contribution in [2.45, 2.75) is 31.8 Å². The molecule has 1 unspecified atom stereocenters. The number of hydrogen-bond acceptors (Lipinski definition) is 3. The molecule has 0 radical (unpaired) electrons. The molecule has 26 heavy (non-hydrogen) atoms. The molecule has 2 aromatic rings. The predicted molar refractivity (Wildman–Crippen MR) is 108 cm³/mol. The summed E-state index contributed by atoms with van der Waals surface area (Å²) in [5.41, 5.74) is 2.13. The molecule has 0 spiro atoms. The van der Waals surface area contributed by atoms with Crippen LogP contribution in [0, 0.1) is 5.92 Å². The Kier molecular flexibility index (Phi) is 7.00. The minimum Gasteiger partial charge on any atom is -0.393 e. The van der Waals surface area contributed by atoms with Crippen molar-refractivity contribution in [3.63, 3.8) is 0 Å². The molecule has 2 aliphatic rings. The first-order valence-corrected chi connectivity index (χ1v) is 10.2. The first-order valence-electron chi connectivity index (χ1n) is 9.36. The van der Waals surface area contributed by atoms with Crippen LogP contribution >= 0.6 is 15.9 Å². The van der Waals surface area contributed by atoms with E-state index in [-0.39, 0.29) is 12.0 Å². The molecule has 1 heterocycles. The maximum atomic E-state index is 12.5. The van der Waals surface area contributed by atoms with E-state index >= 15 is 0 Å². The van der Waals surface area contributed by atoms with Crippen molar-refractivity contribution in [2.24, 2.45) is 5.92 Å². The number of aliphatic hydroxyl groups is 1. The number of ketones is 1. The second-order valence-corrected chi connectivity index (χ2v) is 8.00. The number of Topliss-reactive ketones (excluding diaryl/α,β-unsaturated/α-hetero) is 1. The average Bonchev–Trinajstić information content (AvgIpc) is 2.67. The molecular weight excluding hydrogens is 390 g/mol. The summed E-state index contributed by atoms with van der Waals surface area (Å²) < 4.78 is 1.13. The predicted octanol–water partition coefficient (Wildman–Crippen LogP) is 4.34. The van der Waals surface area contributed by atoms with Gasteiger partial charge in [-0.05, 0) is 43.4 Å². The summed E-state index contributed by atoms with van der Waals surface area (Å²) in [6.45, 7) is 2.71. The molecule has 1 saturated heterocycles. The smallest absolute Gasteiger partial charge is 0.167 e. The molecule has 0 saturated carbocycles. The van der Waals surface area contributed by atoms with Crippen molar-refractivity contribution in [1.29, 1.82) is 0 Å². The lowest BCUT2D eigenvalue weighted by Crippen LogP contribution is -2.41. The topological polar surface area (TPSA) is 40.5 Å². The van der Waals surface area contributed by atoms with Crippen molar-refractivity contribution in [1.82, 2.24) is 4.90 Å². The molecule has 0 amide bonds. The highest BCUT2D eigenvalue weighted by molar-refractivity contribution is 9.10. The van der Waals surface area contributed by atoms with E-state index in [0.29, 0.717) is 5.78 Å². The molecule has 3 nitrogen and oxygen atoms in total. The maximum absolute atomic E-state index is 12.5. The third-order valence-electron chi connectivity index (χ3n) is 5.18. The van der Waals surface area contributed by atoms with Gasteiger partial charge in [-0.1, -0.05) is 58.4 Å². The number of nitrogens with zero attached hydrogens (tertiary/aromatic N) is 1. The third-order valence-corrected chi connectivity index (χ3v) is 5.71. The van der Waals surface area contributed by atoms with E-state index in [9.17, 15) is 9.90 Å². The van der Waals surface area contributed by atoms with Gasteiger partial charge in [0.05, 0.1) is 6.10 Å². The Bertz CT molecular complexity index is 711. The molecule has 1 fully saturated rings. The average molecular weight is 416 g/mol. The zero-order valence-electron chi connectivity index (χ0n) is 15.0. The zero-order valence-corrected chi connectivity index (χ0v) is 16.6. The molecule has 1 atom stereocenters. The fourth-order valence-electron chi connectivity index (χ4n) is 3.66. The number of piperidine rings is 1. The quantitative estimate of drug-likeness (QED) is 0.792. The Morgan fingerprint density at radius 2 is 1.62 bits per heavy atom. The maximum Gasteiger partial charge on any atom is 0.167 e. The van der Waals surface area contributed by atoms with Gasteiger partial charge in [0, 0.05) is 35.6 Å². The summed E-state index contributed by atoms with van der Waals surface area (Å²) >= 11 is 3.31. The molecule has 1 aliphatic heterocycles. The SMILES string of the molecule is Brc1ccccc1.O=C1c2ccccc2CCC1CN1CCC(O)CC1. The van der Waals surface area contributed by atoms with Crippen molar-refractivity contribution in [2.75, 3.05) is 19.6 Å². The van der Waals surface area contributed by atoms with Gasteiger partial charge in [0.15, 0.2) is 5.78 Å². The fourth-order valence-corrected chi connectivity index (χ4v) is 3.97. The van der Waals surface area contributed by atoms with Gasteiger partial charge >= 0.3 is 0 Å². The number of fused-ring (bicyclic) bond motifs is 1. The van der Waals surface area contributed by atoms with Gasteiger partial charge in [-0.3, -0.25) is 4.79 Å². The molecule has 1 N–H and O–H groups in total. The Morgan fingerprint density at radius 1 is 0.962 bits per heavy atom. The molecule has 4 heteroatoms. The van der Waals surface area contributed by atoms with E-state index in [1.807, 2.05) is 48.5 Å². The first kappa shape index (κ1) is 19.3. The summed E-state index contributed by atoms with van der Waals surface area (Å²) in [6, 6.07) is 18.0. The van der Waals surface area contributed by atoms with Crippen LogP contribution in [0.4, 0.5) is 0 Å². The lowest BCUT2D eigenvalue weighted by molar-refractivity contribution is 0.0659. The summed E-state index contributed by atoms with van der Waals surface area (Å²) in [5, 5.41) is 9.52. The standard InChI is InChI=1S/C16H21NO2.C6H5Br/c18-14-7-9-17(10-8-14)11-13-6-5-12-3-1-2-4-15(12)16(13)19;7-6-4-2-1-3-5-6/h1-4,13-14,18H,5-11H2;1-5H. The summed E-state index contributed by atoms with van der Waals surface area (Å²) in [6.07, 6.45) is 3.53. The Balaban J connectivity index is 0.000000236.